The van der Waals surface area contributed by atoms with Crippen molar-refractivity contribution in [2.24, 2.45) is 10.4 Å². The number of nitrogens with zero attached hydrogens (tertiary/aromatic N) is 3. The number of halogens is 1. The number of guanidine groups is 1. The van der Waals surface area contributed by atoms with Crippen LogP contribution in [0.1, 0.15) is 57.7 Å². The molecular formula is C17H32IN5O2. The standard InChI is InChI=1S/C17H31N5O2.HI/c1-4-18-16(19-12-15-21-14(3)22-24-15)20-13-17(8-6-7-9-17)10-11-23-5-2;/h4-13H2,1-3H3,(H2,18,19,20);1H. The van der Waals surface area contributed by atoms with Crippen molar-refractivity contribution >= 4 is 29.9 Å². The Kier molecular flexibility index (Phi) is 10.3. The molecule has 1 fully saturated rings. The molecule has 2 N–H and O–H groups in total. The molecule has 0 aliphatic heterocycles. The third-order valence-corrected chi connectivity index (χ3v) is 4.56. The minimum Gasteiger partial charge on any atom is -0.382 e. The van der Waals surface area contributed by atoms with Crippen LogP contribution in [0.5, 0.6) is 0 Å². The lowest BCUT2D eigenvalue weighted by atomic mass is 9.83. The summed E-state index contributed by atoms with van der Waals surface area (Å²) < 4.78 is 10.7. The van der Waals surface area contributed by atoms with Gasteiger partial charge in [0.1, 0.15) is 6.54 Å². The molecule has 0 aromatic carbocycles. The zero-order chi connectivity index (χ0) is 17.3. The molecule has 1 aromatic rings. The molecule has 144 valence electrons. The molecule has 0 atom stereocenters. The summed E-state index contributed by atoms with van der Waals surface area (Å²) in [5.41, 5.74) is 0.326. The van der Waals surface area contributed by atoms with Crippen LogP contribution < -0.4 is 10.6 Å². The van der Waals surface area contributed by atoms with Gasteiger partial charge in [0.2, 0.25) is 5.89 Å². The Bertz CT molecular complexity index is 515. The summed E-state index contributed by atoms with van der Waals surface area (Å²) in [4.78, 5) is 8.74. The smallest absolute Gasteiger partial charge is 0.248 e. The van der Waals surface area contributed by atoms with E-state index in [0.717, 1.165) is 38.7 Å². The summed E-state index contributed by atoms with van der Waals surface area (Å²) in [7, 11) is 0. The highest BCUT2D eigenvalue weighted by molar-refractivity contribution is 14.0. The Balaban J connectivity index is 0.00000312. The molecule has 1 aromatic heterocycles. The van der Waals surface area contributed by atoms with E-state index in [0.29, 0.717) is 23.7 Å². The van der Waals surface area contributed by atoms with Gasteiger partial charge in [-0.15, -0.1) is 24.0 Å². The molecule has 0 amide bonds. The molecule has 0 bridgehead atoms. The van der Waals surface area contributed by atoms with E-state index in [2.05, 4.69) is 39.6 Å². The van der Waals surface area contributed by atoms with Gasteiger partial charge in [-0.25, -0.2) is 4.99 Å². The summed E-state index contributed by atoms with van der Waals surface area (Å²) in [5.74, 6) is 1.98. The van der Waals surface area contributed by atoms with Crippen molar-refractivity contribution in [3.8, 4) is 0 Å². The number of ether oxygens (including phenoxy) is 1. The Morgan fingerprint density at radius 2 is 2.04 bits per heavy atom. The quantitative estimate of drug-likeness (QED) is 0.253. The molecule has 1 saturated carbocycles. The van der Waals surface area contributed by atoms with E-state index in [4.69, 9.17) is 9.26 Å². The van der Waals surface area contributed by atoms with E-state index in [1.54, 1.807) is 0 Å². The van der Waals surface area contributed by atoms with E-state index < -0.39 is 0 Å². The van der Waals surface area contributed by atoms with Crippen molar-refractivity contribution in [1.29, 1.82) is 0 Å². The third-order valence-electron chi connectivity index (χ3n) is 4.56. The monoisotopic (exact) mass is 465 g/mol. The molecule has 0 unspecified atom stereocenters. The first-order chi connectivity index (χ1) is 11.7. The number of aryl methyl sites for hydroxylation is 1. The molecule has 1 aliphatic rings. The Morgan fingerprint density at radius 3 is 2.64 bits per heavy atom. The first kappa shape index (κ1) is 22.1. The number of nitrogens with one attached hydrogen (secondary N) is 2. The first-order valence-electron chi connectivity index (χ1n) is 9.06. The number of aromatic nitrogens is 2. The van der Waals surface area contributed by atoms with Crippen LogP contribution in [0.4, 0.5) is 0 Å². The molecule has 0 saturated heterocycles. The van der Waals surface area contributed by atoms with Gasteiger partial charge >= 0.3 is 0 Å². The van der Waals surface area contributed by atoms with Gasteiger partial charge in [0.05, 0.1) is 0 Å². The second kappa shape index (κ2) is 11.7. The zero-order valence-corrected chi connectivity index (χ0v) is 18.0. The second-order valence-electron chi connectivity index (χ2n) is 6.44. The van der Waals surface area contributed by atoms with Crippen LogP contribution >= 0.6 is 24.0 Å². The van der Waals surface area contributed by atoms with Crippen LogP contribution in [-0.4, -0.2) is 42.4 Å². The van der Waals surface area contributed by atoms with Crippen molar-refractivity contribution in [2.75, 3.05) is 26.3 Å². The van der Waals surface area contributed by atoms with Crippen molar-refractivity contribution in [3.05, 3.63) is 11.7 Å². The van der Waals surface area contributed by atoms with Gasteiger partial charge in [0.15, 0.2) is 11.8 Å². The Hall–Kier alpha value is -0.900. The molecule has 1 aliphatic carbocycles. The van der Waals surface area contributed by atoms with E-state index in [1.165, 1.54) is 25.7 Å². The van der Waals surface area contributed by atoms with Crippen molar-refractivity contribution < 1.29 is 9.26 Å². The number of aliphatic imine (C=N–C) groups is 1. The van der Waals surface area contributed by atoms with Crippen molar-refractivity contribution in [1.82, 2.24) is 20.8 Å². The number of hydrogen-bond acceptors (Lipinski definition) is 5. The topological polar surface area (TPSA) is 84.6 Å². The summed E-state index contributed by atoms with van der Waals surface area (Å²) in [5, 5.41) is 10.6. The number of hydrogen-bond donors (Lipinski definition) is 2. The summed E-state index contributed by atoms with van der Waals surface area (Å²) in [6.07, 6.45) is 6.24. The zero-order valence-electron chi connectivity index (χ0n) is 15.6. The third kappa shape index (κ3) is 7.47. The van der Waals surface area contributed by atoms with Gasteiger partial charge in [-0.1, -0.05) is 18.0 Å². The predicted molar refractivity (Wildman–Crippen MR) is 109 cm³/mol. The molecule has 8 heteroatoms. The lowest BCUT2D eigenvalue weighted by Gasteiger charge is -2.30. The highest BCUT2D eigenvalue weighted by Gasteiger charge is 2.33. The summed E-state index contributed by atoms with van der Waals surface area (Å²) in [6.45, 7) is 9.69. The van der Waals surface area contributed by atoms with Gasteiger partial charge in [-0.2, -0.15) is 4.98 Å². The van der Waals surface area contributed by atoms with Crippen LogP contribution in [0, 0.1) is 12.3 Å². The van der Waals surface area contributed by atoms with Crippen LogP contribution in [0.3, 0.4) is 0 Å². The fourth-order valence-electron chi connectivity index (χ4n) is 3.24. The van der Waals surface area contributed by atoms with E-state index in [1.807, 2.05) is 6.92 Å². The van der Waals surface area contributed by atoms with Gasteiger partial charge in [-0.3, -0.25) is 0 Å². The summed E-state index contributed by atoms with van der Waals surface area (Å²) in [6, 6.07) is 0. The fourth-order valence-corrected chi connectivity index (χ4v) is 3.24. The first-order valence-corrected chi connectivity index (χ1v) is 9.06. The molecule has 0 spiro atoms. The van der Waals surface area contributed by atoms with Crippen molar-refractivity contribution in [2.45, 2.75) is 59.4 Å². The predicted octanol–water partition coefficient (Wildman–Crippen LogP) is 3.04. The van der Waals surface area contributed by atoms with Gasteiger partial charge in [-0.05, 0) is 45.4 Å². The minimum atomic E-state index is 0. The van der Waals surface area contributed by atoms with Crippen LogP contribution in [-0.2, 0) is 11.3 Å². The maximum absolute atomic E-state index is 5.58. The van der Waals surface area contributed by atoms with Crippen molar-refractivity contribution in [3.63, 3.8) is 0 Å². The largest absolute Gasteiger partial charge is 0.382 e. The van der Waals surface area contributed by atoms with Gasteiger partial charge in [0, 0.05) is 26.3 Å². The SMILES string of the molecule is CCNC(=NCc1nc(C)no1)NCC1(CCOCC)CCCC1.I. The molecule has 7 nitrogen and oxygen atoms in total. The summed E-state index contributed by atoms with van der Waals surface area (Å²) >= 11 is 0. The van der Waals surface area contributed by atoms with Crippen LogP contribution in [0.25, 0.3) is 0 Å². The molecule has 1 heterocycles. The minimum absolute atomic E-state index is 0. The molecular weight excluding hydrogens is 433 g/mol. The van der Waals surface area contributed by atoms with Crippen LogP contribution in [0.2, 0.25) is 0 Å². The molecule has 0 radical (unpaired) electrons. The lowest BCUT2D eigenvalue weighted by Crippen LogP contribution is -2.43. The fraction of sp³-hybridized carbons (Fsp3) is 0.824. The normalized spacial score (nSPS) is 16.5. The Labute approximate surface area is 167 Å². The second-order valence-corrected chi connectivity index (χ2v) is 6.44. The molecule has 25 heavy (non-hydrogen) atoms. The van der Waals surface area contributed by atoms with E-state index in [9.17, 15) is 0 Å². The highest BCUT2D eigenvalue weighted by atomic mass is 127. The maximum Gasteiger partial charge on any atom is 0.248 e. The Morgan fingerprint density at radius 1 is 1.28 bits per heavy atom. The van der Waals surface area contributed by atoms with E-state index >= 15 is 0 Å². The van der Waals surface area contributed by atoms with E-state index in [-0.39, 0.29) is 24.0 Å². The van der Waals surface area contributed by atoms with Crippen LogP contribution in [0.15, 0.2) is 9.52 Å². The highest BCUT2D eigenvalue weighted by Crippen LogP contribution is 2.40. The lowest BCUT2D eigenvalue weighted by molar-refractivity contribution is 0.105. The molecule has 2 rings (SSSR count). The average molecular weight is 465 g/mol. The number of rotatable bonds is 9. The maximum atomic E-state index is 5.58. The average Bonchev–Trinajstić information content (AvgIpc) is 3.20. The van der Waals surface area contributed by atoms with Gasteiger partial charge in [0.25, 0.3) is 0 Å². The van der Waals surface area contributed by atoms with Gasteiger partial charge < -0.3 is 19.9 Å².